The van der Waals surface area contributed by atoms with Crippen LogP contribution >= 0.6 is 11.3 Å². The molecule has 0 spiro atoms. The average molecular weight is 360 g/mol. The summed E-state index contributed by atoms with van der Waals surface area (Å²) in [7, 11) is -3.03. The molecule has 1 saturated heterocycles. The predicted octanol–water partition coefficient (Wildman–Crippen LogP) is 0.796. The Morgan fingerprint density at radius 2 is 2.26 bits per heavy atom. The number of rotatable bonds is 7. The van der Waals surface area contributed by atoms with Crippen molar-refractivity contribution in [3.63, 3.8) is 0 Å². The van der Waals surface area contributed by atoms with Crippen LogP contribution < -0.4 is 10.6 Å². The van der Waals surface area contributed by atoms with Gasteiger partial charge in [0, 0.05) is 37.3 Å². The van der Waals surface area contributed by atoms with E-state index in [1.165, 1.54) is 9.18 Å². The summed E-state index contributed by atoms with van der Waals surface area (Å²) >= 11 is 1.68. The summed E-state index contributed by atoms with van der Waals surface area (Å²) in [6, 6.07) is 0. The molecule has 1 aromatic heterocycles. The number of hydrogen-bond donors (Lipinski definition) is 2. The van der Waals surface area contributed by atoms with Gasteiger partial charge in [0.2, 0.25) is 10.0 Å². The first-order valence-corrected chi connectivity index (χ1v) is 10.4. The molecule has 9 heteroatoms. The molecule has 2 rings (SSSR count). The largest absolute Gasteiger partial charge is 0.357 e. The molecule has 23 heavy (non-hydrogen) atoms. The molecular formula is C14H25N5O2S2. The highest BCUT2D eigenvalue weighted by Crippen LogP contribution is 2.14. The van der Waals surface area contributed by atoms with Crippen LogP contribution in [0, 0.1) is 0 Å². The Balaban J connectivity index is 1.84. The van der Waals surface area contributed by atoms with Gasteiger partial charge in [0.25, 0.3) is 0 Å². The van der Waals surface area contributed by atoms with Crippen molar-refractivity contribution in [2.24, 2.45) is 4.99 Å². The van der Waals surface area contributed by atoms with E-state index in [4.69, 9.17) is 0 Å². The molecule has 1 aliphatic rings. The zero-order valence-electron chi connectivity index (χ0n) is 13.7. The van der Waals surface area contributed by atoms with Gasteiger partial charge in [-0.3, -0.25) is 0 Å². The minimum absolute atomic E-state index is 0.269. The van der Waals surface area contributed by atoms with E-state index >= 15 is 0 Å². The van der Waals surface area contributed by atoms with Crippen LogP contribution in [0.3, 0.4) is 0 Å². The van der Waals surface area contributed by atoms with E-state index in [2.05, 4.69) is 27.5 Å². The molecule has 0 saturated carbocycles. The maximum absolute atomic E-state index is 11.8. The molecule has 2 N–H and O–H groups in total. The summed E-state index contributed by atoms with van der Waals surface area (Å²) in [6.45, 7) is 7.04. The lowest BCUT2D eigenvalue weighted by Gasteiger charge is -2.16. The van der Waals surface area contributed by atoms with Gasteiger partial charge in [-0.05, 0) is 19.8 Å². The van der Waals surface area contributed by atoms with Gasteiger partial charge in [-0.15, -0.1) is 11.3 Å². The molecule has 1 fully saturated rings. The molecule has 130 valence electrons. The molecule has 7 nitrogen and oxygen atoms in total. The molecule has 0 atom stereocenters. The zero-order valence-corrected chi connectivity index (χ0v) is 15.3. The minimum atomic E-state index is -3.03. The molecule has 0 bridgehead atoms. The van der Waals surface area contributed by atoms with Gasteiger partial charge in [-0.1, -0.05) is 6.92 Å². The Morgan fingerprint density at radius 3 is 2.87 bits per heavy atom. The van der Waals surface area contributed by atoms with Crippen LogP contribution in [0.5, 0.6) is 0 Å². The molecule has 1 aliphatic heterocycles. The van der Waals surface area contributed by atoms with Crippen molar-refractivity contribution >= 4 is 27.3 Å². The number of thiazole rings is 1. The quantitative estimate of drug-likeness (QED) is 0.555. The lowest BCUT2D eigenvalue weighted by Crippen LogP contribution is -2.42. The van der Waals surface area contributed by atoms with Crippen molar-refractivity contribution in [2.45, 2.75) is 33.2 Å². The smallest absolute Gasteiger partial charge is 0.214 e. The van der Waals surface area contributed by atoms with Crippen molar-refractivity contribution in [3.8, 4) is 0 Å². The van der Waals surface area contributed by atoms with Crippen LogP contribution in [0.4, 0.5) is 0 Å². The highest BCUT2D eigenvalue weighted by Gasteiger charge is 2.27. The van der Waals surface area contributed by atoms with Gasteiger partial charge in [0.15, 0.2) is 5.96 Å². The molecule has 1 aromatic rings. The SMILES string of the molecule is CCNC(=NCc1ncc(CC)s1)NCCN1CCCS1(=O)=O. The first-order chi connectivity index (χ1) is 11.0. The number of sulfonamides is 1. The monoisotopic (exact) mass is 359 g/mol. The number of nitrogens with one attached hydrogen (secondary N) is 2. The number of nitrogens with zero attached hydrogens (tertiary/aromatic N) is 3. The fourth-order valence-electron chi connectivity index (χ4n) is 2.31. The van der Waals surface area contributed by atoms with Crippen molar-refractivity contribution in [2.75, 3.05) is 31.9 Å². The molecule has 0 unspecified atom stereocenters. The van der Waals surface area contributed by atoms with E-state index in [9.17, 15) is 8.42 Å². The van der Waals surface area contributed by atoms with Gasteiger partial charge in [0.1, 0.15) is 5.01 Å². The second-order valence-electron chi connectivity index (χ2n) is 5.26. The Labute approximate surface area is 142 Å². The van der Waals surface area contributed by atoms with Crippen LogP contribution in [0.25, 0.3) is 0 Å². The first-order valence-electron chi connectivity index (χ1n) is 7.98. The summed E-state index contributed by atoms with van der Waals surface area (Å²) in [6.07, 6.45) is 3.61. The van der Waals surface area contributed by atoms with Crippen LogP contribution in [0.15, 0.2) is 11.2 Å². The fraction of sp³-hybridized carbons (Fsp3) is 0.714. The van der Waals surface area contributed by atoms with E-state index in [1.807, 2.05) is 13.1 Å². The standard InChI is InChI=1S/C14H25N5O2S2/c1-3-12-10-17-13(22-12)11-18-14(15-4-2)16-6-8-19-7-5-9-23(19,20)21/h10H,3-9,11H2,1-2H3,(H2,15,16,18). The Kier molecular flexibility index (Phi) is 6.79. The van der Waals surface area contributed by atoms with Crippen LogP contribution in [0.2, 0.25) is 0 Å². The Bertz CT molecular complexity index is 627. The van der Waals surface area contributed by atoms with Gasteiger partial charge in [-0.2, -0.15) is 0 Å². The minimum Gasteiger partial charge on any atom is -0.357 e. The number of guanidine groups is 1. The van der Waals surface area contributed by atoms with Gasteiger partial charge in [-0.25, -0.2) is 22.7 Å². The Morgan fingerprint density at radius 1 is 1.43 bits per heavy atom. The number of aryl methyl sites for hydroxylation is 1. The van der Waals surface area contributed by atoms with E-state index < -0.39 is 10.0 Å². The summed E-state index contributed by atoms with van der Waals surface area (Å²) < 4.78 is 25.0. The maximum atomic E-state index is 11.8. The topological polar surface area (TPSA) is 86.7 Å². The summed E-state index contributed by atoms with van der Waals surface area (Å²) in [4.78, 5) is 10.1. The van der Waals surface area contributed by atoms with Crippen molar-refractivity contribution in [3.05, 3.63) is 16.1 Å². The van der Waals surface area contributed by atoms with Crippen LogP contribution in [0.1, 0.15) is 30.2 Å². The van der Waals surface area contributed by atoms with Gasteiger partial charge < -0.3 is 10.6 Å². The van der Waals surface area contributed by atoms with E-state index in [1.54, 1.807) is 11.3 Å². The van der Waals surface area contributed by atoms with Crippen molar-refractivity contribution in [1.29, 1.82) is 0 Å². The molecular weight excluding hydrogens is 334 g/mol. The molecule has 0 amide bonds. The molecule has 2 heterocycles. The summed E-state index contributed by atoms with van der Waals surface area (Å²) in [5, 5.41) is 7.34. The normalized spacial score (nSPS) is 18.3. The number of hydrogen-bond acceptors (Lipinski definition) is 5. The Hall–Kier alpha value is -1.19. The summed E-state index contributed by atoms with van der Waals surface area (Å²) in [5.74, 6) is 0.961. The third-order valence-electron chi connectivity index (χ3n) is 3.52. The van der Waals surface area contributed by atoms with Gasteiger partial charge >= 0.3 is 0 Å². The third kappa shape index (κ3) is 5.43. The van der Waals surface area contributed by atoms with Gasteiger partial charge in [0.05, 0.1) is 12.3 Å². The first kappa shape index (κ1) is 18.2. The average Bonchev–Trinajstić information content (AvgIpc) is 3.11. The van der Waals surface area contributed by atoms with Crippen molar-refractivity contribution in [1.82, 2.24) is 19.9 Å². The number of aliphatic imine (C=N–C) groups is 1. The molecule has 0 aliphatic carbocycles. The number of aromatic nitrogens is 1. The van der Waals surface area contributed by atoms with E-state index in [0.29, 0.717) is 32.1 Å². The van der Waals surface area contributed by atoms with Crippen molar-refractivity contribution < 1.29 is 8.42 Å². The predicted molar refractivity (Wildman–Crippen MR) is 94.3 cm³/mol. The lowest BCUT2D eigenvalue weighted by molar-refractivity contribution is 0.445. The van der Waals surface area contributed by atoms with Crippen LogP contribution in [-0.2, 0) is 23.0 Å². The maximum Gasteiger partial charge on any atom is 0.214 e. The second kappa shape index (κ2) is 8.60. The van der Waals surface area contributed by atoms with E-state index in [-0.39, 0.29) is 5.75 Å². The lowest BCUT2D eigenvalue weighted by atomic mass is 10.4. The van der Waals surface area contributed by atoms with E-state index in [0.717, 1.165) is 24.4 Å². The van der Waals surface area contributed by atoms with Crippen LogP contribution in [-0.4, -0.2) is 55.6 Å². The highest BCUT2D eigenvalue weighted by atomic mass is 32.2. The third-order valence-corrected chi connectivity index (χ3v) is 6.61. The highest BCUT2D eigenvalue weighted by molar-refractivity contribution is 7.89. The molecule has 0 aromatic carbocycles. The summed E-state index contributed by atoms with van der Waals surface area (Å²) in [5.41, 5.74) is 0. The fourth-order valence-corrected chi connectivity index (χ4v) is 4.63. The zero-order chi connectivity index (χ0) is 16.7. The second-order valence-corrected chi connectivity index (χ2v) is 8.55. The molecule has 0 radical (unpaired) electrons.